The molecular weight excluding hydrogens is 476 g/mol. The Balaban J connectivity index is 1.60. The molecule has 0 amide bonds. The van der Waals surface area contributed by atoms with E-state index in [0.717, 1.165) is 44.9 Å². The molecule has 0 unspecified atom stereocenters. The highest BCUT2D eigenvalue weighted by Gasteiger charge is 2.27. The molecule has 1 fully saturated rings. The van der Waals surface area contributed by atoms with E-state index in [1.807, 2.05) is 0 Å². The van der Waals surface area contributed by atoms with Gasteiger partial charge in [-0.15, -0.1) is 0 Å². The lowest BCUT2D eigenvalue weighted by atomic mass is 9.76. The van der Waals surface area contributed by atoms with Gasteiger partial charge in [-0.25, -0.2) is 13.2 Å². The summed E-state index contributed by atoms with van der Waals surface area (Å²) in [6, 6.07) is 5.52. The molecule has 0 radical (unpaired) electrons. The van der Waals surface area contributed by atoms with Crippen LogP contribution >= 0.6 is 0 Å². The zero-order valence-corrected chi connectivity index (χ0v) is 22.7. The van der Waals surface area contributed by atoms with Crippen LogP contribution in [0.1, 0.15) is 122 Å². The van der Waals surface area contributed by atoms with E-state index >= 15 is 8.78 Å². The maximum absolute atomic E-state index is 15.1. The van der Waals surface area contributed by atoms with Crippen LogP contribution in [-0.2, 0) is 0 Å². The first-order valence-electron chi connectivity index (χ1n) is 14.6. The lowest BCUT2D eigenvalue weighted by Crippen LogP contribution is -2.15. The second kappa shape index (κ2) is 15.4. The van der Waals surface area contributed by atoms with E-state index in [9.17, 15) is 8.78 Å². The molecule has 0 aliphatic heterocycles. The summed E-state index contributed by atoms with van der Waals surface area (Å²) in [4.78, 5) is 0. The number of ether oxygens (including phenoxy) is 1. The zero-order valence-electron chi connectivity index (χ0n) is 22.7. The smallest absolute Gasteiger partial charge is 0.201 e. The molecule has 0 saturated heterocycles. The number of benzene rings is 2. The van der Waals surface area contributed by atoms with Crippen LogP contribution in [0, 0.1) is 29.2 Å². The zero-order chi connectivity index (χ0) is 26.6. The molecule has 0 aromatic heterocycles. The highest BCUT2D eigenvalue weighted by molar-refractivity contribution is 5.66. The normalized spacial score (nSPS) is 17.8. The Morgan fingerprint density at radius 1 is 0.622 bits per heavy atom. The molecule has 1 aliphatic rings. The van der Waals surface area contributed by atoms with E-state index < -0.39 is 23.3 Å². The first-order valence-corrected chi connectivity index (χ1v) is 14.6. The van der Waals surface area contributed by atoms with Gasteiger partial charge in [-0.05, 0) is 61.6 Å². The molecule has 0 heterocycles. The molecule has 1 aliphatic carbocycles. The molecule has 1 nitrogen and oxygen atoms in total. The molecule has 0 bridgehead atoms. The van der Waals surface area contributed by atoms with E-state index in [4.69, 9.17) is 4.74 Å². The molecular formula is C32H44F4O. The highest BCUT2D eigenvalue weighted by atomic mass is 19.2. The summed E-state index contributed by atoms with van der Waals surface area (Å²) in [5, 5.41) is 0. The molecule has 2 aromatic carbocycles. The largest absolute Gasteiger partial charge is 0.490 e. The van der Waals surface area contributed by atoms with Crippen molar-refractivity contribution >= 4 is 0 Å². The predicted molar refractivity (Wildman–Crippen MR) is 144 cm³/mol. The second-order valence-corrected chi connectivity index (χ2v) is 10.8. The van der Waals surface area contributed by atoms with E-state index in [-0.39, 0.29) is 22.8 Å². The van der Waals surface area contributed by atoms with Gasteiger partial charge in [0.25, 0.3) is 0 Å². The third-order valence-corrected chi connectivity index (χ3v) is 7.96. The van der Waals surface area contributed by atoms with Crippen LogP contribution in [0.3, 0.4) is 0 Å². The van der Waals surface area contributed by atoms with Gasteiger partial charge in [-0.1, -0.05) is 90.2 Å². The van der Waals surface area contributed by atoms with Gasteiger partial charge in [0, 0.05) is 11.1 Å². The van der Waals surface area contributed by atoms with E-state index in [1.165, 1.54) is 69.6 Å². The van der Waals surface area contributed by atoms with Crippen molar-refractivity contribution in [1.29, 1.82) is 0 Å². The average Bonchev–Trinajstić information content (AvgIpc) is 2.91. The molecule has 5 heteroatoms. The van der Waals surface area contributed by atoms with Crippen molar-refractivity contribution < 1.29 is 22.3 Å². The van der Waals surface area contributed by atoms with Gasteiger partial charge in [0.15, 0.2) is 23.2 Å². The quantitative estimate of drug-likeness (QED) is 0.168. The Morgan fingerprint density at radius 2 is 1.19 bits per heavy atom. The van der Waals surface area contributed by atoms with Crippen molar-refractivity contribution in [1.82, 2.24) is 0 Å². The van der Waals surface area contributed by atoms with Gasteiger partial charge >= 0.3 is 0 Å². The minimum atomic E-state index is -1.21. The molecule has 206 valence electrons. The summed E-state index contributed by atoms with van der Waals surface area (Å²) in [6.45, 7) is 4.66. The number of halogens is 4. The van der Waals surface area contributed by atoms with Gasteiger partial charge in [0.1, 0.15) is 0 Å². The van der Waals surface area contributed by atoms with E-state index in [0.29, 0.717) is 18.1 Å². The van der Waals surface area contributed by atoms with Crippen LogP contribution < -0.4 is 4.74 Å². The van der Waals surface area contributed by atoms with Crippen molar-refractivity contribution in [3.8, 4) is 16.9 Å². The minimum absolute atomic E-state index is 0.0324. The standard InChI is InChI=1S/C32H44F4O/c1-3-5-7-8-9-10-12-22-37-28-21-20-27(31(35)32(28)36)26-19-18-25(29(33)30(26)34)24-16-14-23(15-17-24)13-11-6-4-2/h18-21,23-24H,3-17,22H2,1-2H3. The Morgan fingerprint density at radius 3 is 1.86 bits per heavy atom. The Hall–Kier alpha value is -2.04. The molecule has 0 atom stereocenters. The van der Waals surface area contributed by atoms with Gasteiger partial charge in [-0.2, -0.15) is 4.39 Å². The van der Waals surface area contributed by atoms with Gasteiger partial charge in [-0.3, -0.25) is 0 Å². The first kappa shape index (κ1) is 29.5. The van der Waals surface area contributed by atoms with Crippen LogP contribution in [0.4, 0.5) is 17.6 Å². The number of hydrogen-bond donors (Lipinski definition) is 0. The minimum Gasteiger partial charge on any atom is -0.490 e. The second-order valence-electron chi connectivity index (χ2n) is 10.8. The molecule has 0 spiro atoms. The van der Waals surface area contributed by atoms with Crippen molar-refractivity contribution in [2.45, 2.75) is 116 Å². The maximum Gasteiger partial charge on any atom is 0.201 e. The first-order chi connectivity index (χ1) is 18.0. The Labute approximate surface area is 221 Å². The predicted octanol–water partition coefficient (Wildman–Crippen LogP) is 10.9. The Bertz CT molecular complexity index is 966. The van der Waals surface area contributed by atoms with Crippen LogP contribution in [0.5, 0.6) is 5.75 Å². The van der Waals surface area contributed by atoms with Crippen molar-refractivity contribution in [2.75, 3.05) is 6.61 Å². The van der Waals surface area contributed by atoms with Crippen molar-refractivity contribution in [2.24, 2.45) is 5.92 Å². The monoisotopic (exact) mass is 520 g/mol. The average molecular weight is 521 g/mol. The van der Waals surface area contributed by atoms with Gasteiger partial charge in [0.2, 0.25) is 5.82 Å². The topological polar surface area (TPSA) is 9.23 Å². The lowest BCUT2D eigenvalue weighted by Gasteiger charge is -2.29. The third kappa shape index (κ3) is 8.22. The molecule has 37 heavy (non-hydrogen) atoms. The fourth-order valence-electron chi connectivity index (χ4n) is 5.63. The van der Waals surface area contributed by atoms with Crippen molar-refractivity contribution in [3.05, 3.63) is 53.1 Å². The third-order valence-electron chi connectivity index (χ3n) is 7.96. The van der Waals surface area contributed by atoms with Gasteiger partial charge in [0.05, 0.1) is 6.61 Å². The summed E-state index contributed by atoms with van der Waals surface area (Å²) < 4.78 is 65.2. The Kier molecular flexibility index (Phi) is 12.3. The fraction of sp³-hybridized carbons (Fsp3) is 0.625. The van der Waals surface area contributed by atoms with Crippen LogP contribution in [0.25, 0.3) is 11.1 Å². The van der Waals surface area contributed by atoms with E-state index in [2.05, 4.69) is 13.8 Å². The van der Waals surface area contributed by atoms with Crippen LogP contribution in [-0.4, -0.2) is 6.61 Å². The van der Waals surface area contributed by atoms with E-state index in [1.54, 1.807) is 6.07 Å². The summed E-state index contributed by atoms with van der Waals surface area (Å²) in [5.74, 6) is -3.99. The maximum atomic E-state index is 15.1. The summed E-state index contributed by atoms with van der Waals surface area (Å²) in [5.41, 5.74) is -0.198. The SMILES string of the molecule is CCCCCCCCCOc1ccc(-c2ccc(C3CCC(CCCCC)CC3)c(F)c2F)c(F)c1F. The number of rotatable bonds is 15. The highest BCUT2D eigenvalue weighted by Crippen LogP contribution is 2.41. The molecule has 0 N–H and O–H groups in total. The van der Waals surface area contributed by atoms with Gasteiger partial charge < -0.3 is 4.74 Å². The van der Waals surface area contributed by atoms with Crippen LogP contribution in [0.15, 0.2) is 24.3 Å². The summed E-state index contributed by atoms with van der Waals surface area (Å²) in [6.07, 6.45) is 16.3. The molecule has 3 rings (SSSR count). The molecule has 2 aromatic rings. The lowest BCUT2D eigenvalue weighted by molar-refractivity contribution is 0.285. The number of unbranched alkanes of at least 4 members (excludes halogenated alkanes) is 8. The number of hydrogen-bond acceptors (Lipinski definition) is 1. The summed E-state index contributed by atoms with van der Waals surface area (Å²) >= 11 is 0. The molecule has 1 saturated carbocycles. The summed E-state index contributed by atoms with van der Waals surface area (Å²) in [7, 11) is 0. The van der Waals surface area contributed by atoms with Crippen LogP contribution in [0.2, 0.25) is 0 Å². The van der Waals surface area contributed by atoms with Crippen molar-refractivity contribution in [3.63, 3.8) is 0 Å². The fourth-order valence-corrected chi connectivity index (χ4v) is 5.63.